The van der Waals surface area contributed by atoms with Crippen LogP contribution in [0.5, 0.6) is 0 Å². The summed E-state index contributed by atoms with van der Waals surface area (Å²) in [7, 11) is 0. The molecule has 37 heavy (non-hydrogen) atoms. The summed E-state index contributed by atoms with van der Waals surface area (Å²) in [5.41, 5.74) is 1.66. The smallest absolute Gasteiger partial charge is 0.475 e. The molecule has 1 unspecified atom stereocenters. The van der Waals surface area contributed by atoms with E-state index in [9.17, 15) is 26.3 Å². The van der Waals surface area contributed by atoms with Gasteiger partial charge in [-0.05, 0) is 40.9 Å². The Labute approximate surface area is 212 Å². The standard InChI is InChI=1S/C18H23N3OS.2C2HF3O2/c1-2-6-19-17(3-1)21-7-5-18(14-21)13-20(8-9-22-15-18)11-16-4-10-23-12-16;2*3-2(4,5)1(6)7/h1-4,6,10,12H,5,7-9,11,13-15H2;2*(H,6,7). The molecule has 2 aliphatic rings. The molecular formula is C22H25F6N3O5S. The monoisotopic (exact) mass is 557 g/mol. The average Bonchev–Trinajstić information content (AvgIpc) is 3.42. The van der Waals surface area contributed by atoms with Crippen LogP contribution in [0, 0.1) is 5.41 Å². The molecule has 2 N–H and O–H groups in total. The van der Waals surface area contributed by atoms with Gasteiger partial charge in [-0.25, -0.2) is 14.6 Å². The molecule has 2 aromatic rings. The number of carbonyl (C=O) groups is 2. The van der Waals surface area contributed by atoms with Gasteiger partial charge in [0.2, 0.25) is 0 Å². The van der Waals surface area contributed by atoms with Gasteiger partial charge >= 0.3 is 24.3 Å². The van der Waals surface area contributed by atoms with Crippen LogP contribution in [-0.2, 0) is 20.9 Å². The lowest BCUT2D eigenvalue weighted by Crippen LogP contribution is -2.40. The zero-order valence-electron chi connectivity index (χ0n) is 19.3. The highest BCUT2D eigenvalue weighted by atomic mass is 32.1. The third kappa shape index (κ3) is 10.2. The number of aromatic nitrogens is 1. The van der Waals surface area contributed by atoms with Crippen molar-refractivity contribution in [1.29, 1.82) is 0 Å². The molecule has 0 aliphatic carbocycles. The topological polar surface area (TPSA) is 103 Å². The fourth-order valence-electron chi connectivity index (χ4n) is 3.78. The van der Waals surface area contributed by atoms with Crippen molar-refractivity contribution in [2.45, 2.75) is 25.3 Å². The molecule has 1 spiro atoms. The van der Waals surface area contributed by atoms with Gasteiger partial charge in [-0.2, -0.15) is 37.7 Å². The zero-order valence-corrected chi connectivity index (χ0v) is 20.2. The van der Waals surface area contributed by atoms with Crippen LogP contribution < -0.4 is 4.90 Å². The first-order valence-electron chi connectivity index (χ1n) is 10.8. The van der Waals surface area contributed by atoms with Crippen molar-refractivity contribution in [2.24, 2.45) is 5.41 Å². The number of hydrogen-bond donors (Lipinski definition) is 2. The number of rotatable bonds is 3. The predicted octanol–water partition coefficient (Wildman–Crippen LogP) is 4.14. The first-order chi connectivity index (χ1) is 17.2. The lowest BCUT2D eigenvalue weighted by Gasteiger charge is -2.31. The Kier molecular flexibility index (Phi) is 10.7. The second-order valence-corrected chi connectivity index (χ2v) is 9.14. The normalized spacial score (nSPS) is 20.3. The molecule has 0 radical (unpaired) electrons. The van der Waals surface area contributed by atoms with Crippen molar-refractivity contribution >= 4 is 29.1 Å². The number of ether oxygens (including phenoxy) is 1. The van der Waals surface area contributed by atoms with Crippen molar-refractivity contribution in [2.75, 3.05) is 44.3 Å². The van der Waals surface area contributed by atoms with Crippen LogP contribution in [0.1, 0.15) is 12.0 Å². The first-order valence-corrected chi connectivity index (χ1v) is 11.7. The van der Waals surface area contributed by atoms with Gasteiger partial charge in [0.15, 0.2) is 0 Å². The molecule has 2 fully saturated rings. The summed E-state index contributed by atoms with van der Waals surface area (Å²) in [4.78, 5) is 27.3. The molecule has 0 bridgehead atoms. The molecule has 0 aromatic carbocycles. The van der Waals surface area contributed by atoms with Gasteiger partial charge < -0.3 is 19.8 Å². The van der Waals surface area contributed by atoms with Gasteiger partial charge in [-0.3, -0.25) is 4.90 Å². The second kappa shape index (κ2) is 13.1. The Hall–Kier alpha value is -2.91. The number of nitrogens with zero attached hydrogens (tertiary/aromatic N) is 3. The molecule has 2 saturated heterocycles. The van der Waals surface area contributed by atoms with Crippen LogP contribution in [0.3, 0.4) is 0 Å². The largest absolute Gasteiger partial charge is 0.490 e. The molecule has 1 atom stereocenters. The van der Waals surface area contributed by atoms with Gasteiger partial charge in [-0.15, -0.1) is 0 Å². The SMILES string of the molecule is O=C(O)C(F)(F)F.O=C(O)C(F)(F)F.c1ccc(N2CCC3(COCCN(Cc4ccsc4)C3)C2)nc1. The molecule has 4 rings (SSSR count). The van der Waals surface area contributed by atoms with E-state index >= 15 is 0 Å². The third-order valence-electron chi connectivity index (χ3n) is 5.40. The Morgan fingerprint density at radius 2 is 1.68 bits per heavy atom. The van der Waals surface area contributed by atoms with E-state index in [1.54, 1.807) is 11.3 Å². The molecule has 0 saturated carbocycles. The summed E-state index contributed by atoms with van der Waals surface area (Å²) in [6, 6.07) is 8.39. The van der Waals surface area contributed by atoms with E-state index in [0.29, 0.717) is 0 Å². The molecule has 206 valence electrons. The maximum atomic E-state index is 10.6. The Balaban J connectivity index is 0.000000286. The van der Waals surface area contributed by atoms with E-state index in [-0.39, 0.29) is 5.41 Å². The number of pyridine rings is 1. The molecule has 15 heteroatoms. The number of carboxylic acid groups (broad SMARTS) is 2. The maximum Gasteiger partial charge on any atom is 0.490 e. The van der Waals surface area contributed by atoms with Crippen LogP contribution in [0.25, 0.3) is 0 Å². The Morgan fingerprint density at radius 1 is 1.03 bits per heavy atom. The van der Waals surface area contributed by atoms with Crippen molar-refractivity contribution in [1.82, 2.24) is 9.88 Å². The van der Waals surface area contributed by atoms with Crippen LogP contribution in [0.4, 0.5) is 32.2 Å². The number of aliphatic carboxylic acids is 2. The molecule has 2 aromatic heterocycles. The quantitative estimate of drug-likeness (QED) is 0.543. The number of thiophene rings is 1. The van der Waals surface area contributed by atoms with Gasteiger partial charge in [-0.1, -0.05) is 6.07 Å². The number of halogens is 6. The molecule has 8 nitrogen and oxygen atoms in total. The second-order valence-electron chi connectivity index (χ2n) is 8.36. The summed E-state index contributed by atoms with van der Waals surface area (Å²) in [6.07, 6.45) is -7.10. The minimum atomic E-state index is -5.08. The fraction of sp³-hybridized carbons (Fsp3) is 0.500. The minimum Gasteiger partial charge on any atom is -0.475 e. The van der Waals surface area contributed by atoms with Crippen LogP contribution in [-0.4, -0.2) is 83.8 Å². The zero-order chi connectivity index (χ0) is 27.7. The lowest BCUT2D eigenvalue weighted by atomic mass is 9.87. The van der Waals surface area contributed by atoms with Crippen molar-refractivity contribution in [3.8, 4) is 0 Å². The van der Waals surface area contributed by atoms with E-state index in [0.717, 1.165) is 51.8 Å². The summed E-state index contributed by atoms with van der Waals surface area (Å²) >= 11 is 1.78. The highest BCUT2D eigenvalue weighted by Crippen LogP contribution is 2.35. The van der Waals surface area contributed by atoms with E-state index < -0.39 is 24.3 Å². The maximum absolute atomic E-state index is 10.6. The molecular weight excluding hydrogens is 532 g/mol. The van der Waals surface area contributed by atoms with E-state index in [1.165, 1.54) is 12.0 Å². The third-order valence-corrected chi connectivity index (χ3v) is 6.13. The Bertz CT molecular complexity index is 967. The van der Waals surface area contributed by atoms with Crippen LogP contribution in [0.2, 0.25) is 0 Å². The van der Waals surface area contributed by atoms with E-state index in [4.69, 9.17) is 24.5 Å². The number of hydrogen-bond acceptors (Lipinski definition) is 7. The summed E-state index contributed by atoms with van der Waals surface area (Å²) < 4.78 is 69.5. The number of anilines is 1. The lowest BCUT2D eigenvalue weighted by molar-refractivity contribution is -0.193. The van der Waals surface area contributed by atoms with Gasteiger partial charge in [0, 0.05) is 44.3 Å². The van der Waals surface area contributed by atoms with Gasteiger partial charge in [0.1, 0.15) is 5.82 Å². The number of alkyl halides is 6. The predicted molar refractivity (Wildman–Crippen MR) is 121 cm³/mol. The van der Waals surface area contributed by atoms with Crippen LogP contribution in [0.15, 0.2) is 41.2 Å². The minimum absolute atomic E-state index is 0.240. The van der Waals surface area contributed by atoms with E-state index in [1.807, 2.05) is 12.3 Å². The highest BCUT2D eigenvalue weighted by Gasteiger charge is 2.41. The molecule has 0 amide bonds. The summed E-state index contributed by atoms with van der Waals surface area (Å²) in [5, 5.41) is 18.7. The molecule has 4 heterocycles. The summed E-state index contributed by atoms with van der Waals surface area (Å²) in [6.45, 7) is 7.02. The van der Waals surface area contributed by atoms with Crippen molar-refractivity contribution in [3.05, 3.63) is 46.8 Å². The first kappa shape index (κ1) is 30.3. The van der Waals surface area contributed by atoms with E-state index in [2.05, 4.69) is 43.7 Å². The van der Waals surface area contributed by atoms with Gasteiger partial charge in [0.25, 0.3) is 0 Å². The average molecular weight is 558 g/mol. The van der Waals surface area contributed by atoms with Crippen molar-refractivity contribution in [3.63, 3.8) is 0 Å². The van der Waals surface area contributed by atoms with Crippen molar-refractivity contribution < 1.29 is 50.9 Å². The fourth-order valence-corrected chi connectivity index (χ4v) is 4.44. The highest BCUT2D eigenvalue weighted by molar-refractivity contribution is 7.07. The number of carboxylic acids is 2. The summed E-state index contributed by atoms with van der Waals surface area (Å²) in [5.74, 6) is -4.42. The molecule has 2 aliphatic heterocycles. The van der Waals surface area contributed by atoms with Gasteiger partial charge in [0.05, 0.1) is 13.2 Å². The Morgan fingerprint density at radius 3 is 2.19 bits per heavy atom. The van der Waals surface area contributed by atoms with Crippen LogP contribution >= 0.6 is 11.3 Å².